The van der Waals surface area contributed by atoms with Gasteiger partial charge in [-0.25, -0.2) is 0 Å². The van der Waals surface area contributed by atoms with Gasteiger partial charge in [0.05, 0.1) is 5.02 Å². The third kappa shape index (κ3) is 3.61. The predicted molar refractivity (Wildman–Crippen MR) is 75.1 cm³/mol. The number of para-hydroxylation sites is 1. The third-order valence-electron chi connectivity index (χ3n) is 3.37. The lowest BCUT2D eigenvalue weighted by molar-refractivity contribution is 0.183. The average Bonchev–Trinajstić information content (AvgIpc) is 2.41. The highest BCUT2D eigenvalue weighted by Crippen LogP contribution is 2.28. The first-order valence-electron chi connectivity index (χ1n) is 6.64. The quantitative estimate of drug-likeness (QED) is 0.892. The Labute approximate surface area is 114 Å². The number of nitrogens with zero attached hydrogens (tertiary/aromatic N) is 1. The summed E-state index contributed by atoms with van der Waals surface area (Å²) in [6.07, 6.45) is 3.97. The molecule has 0 aromatic heterocycles. The van der Waals surface area contributed by atoms with Crippen molar-refractivity contribution < 1.29 is 4.74 Å². The van der Waals surface area contributed by atoms with Gasteiger partial charge in [0, 0.05) is 18.7 Å². The Balaban J connectivity index is 1.85. The van der Waals surface area contributed by atoms with Crippen LogP contribution in [0.1, 0.15) is 24.8 Å². The molecule has 4 heteroatoms. The Bertz CT molecular complexity index is 378. The van der Waals surface area contributed by atoms with Crippen molar-refractivity contribution in [2.75, 3.05) is 26.2 Å². The maximum absolute atomic E-state index is 6.14. The molecular weight excluding hydrogens is 248 g/mol. The van der Waals surface area contributed by atoms with Gasteiger partial charge in [0.15, 0.2) is 0 Å². The minimum atomic E-state index is 0.458. The summed E-state index contributed by atoms with van der Waals surface area (Å²) in [5, 5.41) is 0.650. The van der Waals surface area contributed by atoms with Crippen molar-refractivity contribution in [1.29, 1.82) is 0 Å². The smallest absolute Gasteiger partial charge is 0.142 e. The standard InChI is InChI=1S/C14H21ClN2O/c15-13-6-4-5-12(11-16)14(13)18-10-9-17-7-2-1-3-8-17/h4-6H,1-3,7-11,16H2. The van der Waals surface area contributed by atoms with Gasteiger partial charge < -0.3 is 10.5 Å². The number of nitrogens with two attached hydrogens (primary N) is 1. The number of rotatable bonds is 5. The Kier molecular flexibility index (Phi) is 5.29. The van der Waals surface area contributed by atoms with E-state index in [1.165, 1.54) is 32.4 Å². The molecule has 0 unspecified atom stereocenters. The van der Waals surface area contributed by atoms with E-state index < -0.39 is 0 Å². The Morgan fingerprint density at radius 1 is 1.22 bits per heavy atom. The van der Waals surface area contributed by atoms with Gasteiger partial charge in [-0.05, 0) is 32.0 Å². The highest BCUT2D eigenvalue weighted by molar-refractivity contribution is 6.32. The molecule has 18 heavy (non-hydrogen) atoms. The van der Waals surface area contributed by atoms with Gasteiger partial charge in [0.25, 0.3) is 0 Å². The molecule has 0 radical (unpaired) electrons. The zero-order chi connectivity index (χ0) is 12.8. The number of likely N-dealkylation sites (tertiary alicyclic amines) is 1. The van der Waals surface area contributed by atoms with E-state index in [-0.39, 0.29) is 0 Å². The van der Waals surface area contributed by atoms with Crippen molar-refractivity contribution in [2.45, 2.75) is 25.8 Å². The van der Waals surface area contributed by atoms with Gasteiger partial charge >= 0.3 is 0 Å². The van der Waals surface area contributed by atoms with Crippen molar-refractivity contribution in [3.8, 4) is 5.75 Å². The number of hydrogen-bond acceptors (Lipinski definition) is 3. The highest BCUT2D eigenvalue weighted by Gasteiger charge is 2.11. The fraction of sp³-hybridized carbons (Fsp3) is 0.571. The lowest BCUT2D eigenvalue weighted by Crippen LogP contribution is -2.33. The number of ether oxygens (including phenoxy) is 1. The van der Waals surface area contributed by atoms with Crippen LogP contribution < -0.4 is 10.5 Å². The molecule has 0 aliphatic carbocycles. The summed E-state index contributed by atoms with van der Waals surface area (Å²) < 4.78 is 5.81. The number of benzene rings is 1. The first kappa shape index (κ1) is 13.7. The second-order valence-electron chi connectivity index (χ2n) is 4.68. The zero-order valence-electron chi connectivity index (χ0n) is 10.7. The number of halogens is 1. The van der Waals surface area contributed by atoms with Crippen molar-refractivity contribution in [1.82, 2.24) is 4.90 Å². The number of piperidine rings is 1. The first-order chi connectivity index (χ1) is 8.81. The molecule has 1 aliphatic rings. The molecule has 1 aliphatic heterocycles. The van der Waals surface area contributed by atoms with Crippen molar-refractivity contribution >= 4 is 11.6 Å². The SMILES string of the molecule is NCc1cccc(Cl)c1OCCN1CCCCC1. The van der Waals surface area contributed by atoms with E-state index in [1.807, 2.05) is 18.2 Å². The van der Waals surface area contributed by atoms with Crippen LogP contribution in [-0.2, 0) is 6.54 Å². The van der Waals surface area contributed by atoms with Gasteiger partial charge in [-0.15, -0.1) is 0 Å². The minimum absolute atomic E-state index is 0.458. The van der Waals surface area contributed by atoms with Crippen LogP contribution in [0.25, 0.3) is 0 Å². The highest BCUT2D eigenvalue weighted by atomic mass is 35.5. The molecule has 1 heterocycles. The summed E-state index contributed by atoms with van der Waals surface area (Å²) in [6, 6.07) is 5.71. The molecule has 1 aromatic carbocycles. The second kappa shape index (κ2) is 6.98. The normalized spacial score (nSPS) is 16.8. The monoisotopic (exact) mass is 268 g/mol. The second-order valence-corrected chi connectivity index (χ2v) is 5.09. The van der Waals surface area contributed by atoms with E-state index in [9.17, 15) is 0 Å². The molecular formula is C14H21ClN2O. The van der Waals surface area contributed by atoms with Crippen LogP contribution in [0.3, 0.4) is 0 Å². The molecule has 2 rings (SSSR count). The van der Waals surface area contributed by atoms with Crippen LogP contribution in [0.5, 0.6) is 5.75 Å². The molecule has 0 spiro atoms. The van der Waals surface area contributed by atoms with Gasteiger partial charge in [0.1, 0.15) is 12.4 Å². The van der Waals surface area contributed by atoms with Crippen LogP contribution in [0, 0.1) is 0 Å². The van der Waals surface area contributed by atoms with Crippen LogP contribution in [0.2, 0.25) is 5.02 Å². The summed E-state index contributed by atoms with van der Waals surface area (Å²) in [5.41, 5.74) is 6.66. The third-order valence-corrected chi connectivity index (χ3v) is 3.67. The summed E-state index contributed by atoms with van der Waals surface area (Å²) in [5.74, 6) is 0.749. The summed E-state index contributed by atoms with van der Waals surface area (Å²) in [6.45, 7) is 4.48. The van der Waals surface area contributed by atoms with Crippen LogP contribution in [-0.4, -0.2) is 31.1 Å². The van der Waals surface area contributed by atoms with E-state index in [4.69, 9.17) is 22.1 Å². The molecule has 1 aromatic rings. The first-order valence-corrected chi connectivity index (χ1v) is 7.01. The average molecular weight is 269 g/mol. The predicted octanol–water partition coefficient (Wildman–Crippen LogP) is 2.66. The molecule has 2 N–H and O–H groups in total. The summed E-state index contributed by atoms with van der Waals surface area (Å²) >= 11 is 6.14. The molecule has 1 fully saturated rings. The van der Waals surface area contributed by atoms with E-state index in [0.717, 1.165) is 17.9 Å². The van der Waals surface area contributed by atoms with Crippen LogP contribution in [0.4, 0.5) is 0 Å². The van der Waals surface area contributed by atoms with Crippen molar-refractivity contribution in [3.05, 3.63) is 28.8 Å². The van der Waals surface area contributed by atoms with Gasteiger partial charge in [0.2, 0.25) is 0 Å². The lowest BCUT2D eigenvalue weighted by atomic mass is 10.1. The van der Waals surface area contributed by atoms with Gasteiger partial charge in [-0.3, -0.25) is 4.90 Å². The van der Waals surface area contributed by atoms with E-state index >= 15 is 0 Å². The Morgan fingerprint density at radius 2 is 2.00 bits per heavy atom. The lowest BCUT2D eigenvalue weighted by Gasteiger charge is -2.26. The zero-order valence-corrected chi connectivity index (χ0v) is 11.5. The fourth-order valence-corrected chi connectivity index (χ4v) is 2.58. The summed E-state index contributed by atoms with van der Waals surface area (Å²) in [7, 11) is 0. The molecule has 0 atom stereocenters. The Morgan fingerprint density at radius 3 is 2.72 bits per heavy atom. The molecule has 1 saturated heterocycles. The maximum Gasteiger partial charge on any atom is 0.142 e. The topological polar surface area (TPSA) is 38.5 Å². The Hall–Kier alpha value is -0.770. The van der Waals surface area contributed by atoms with Crippen molar-refractivity contribution in [3.63, 3.8) is 0 Å². The van der Waals surface area contributed by atoms with Crippen LogP contribution in [0.15, 0.2) is 18.2 Å². The molecule has 100 valence electrons. The molecule has 0 bridgehead atoms. The van der Waals surface area contributed by atoms with Gasteiger partial charge in [-0.2, -0.15) is 0 Å². The molecule has 0 saturated carbocycles. The number of hydrogen-bond donors (Lipinski definition) is 1. The fourth-order valence-electron chi connectivity index (χ4n) is 2.34. The maximum atomic E-state index is 6.14. The van der Waals surface area contributed by atoms with Gasteiger partial charge in [-0.1, -0.05) is 30.2 Å². The summed E-state index contributed by atoms with van der Waals surface area (Å²) in [4.78, 5) is 2.45. The minimum Gasteiger partial charge on any atom is -0.490 e. The molecule has 3 nitrogen and oxygen atoms in total. The largest absolute Gasteiger partial charge is 0.490 e. The van der Waals surface area contributed by atoms with E-state index in [0.29, 0.717) is 18.2 Å². The molecule has 0 amide bonds. The van der Waals surface area contributed by atoms with Crippen LogP contribution >= 0.6 is 11.6 Å². The van der Waals surface area contributed by atoms with Crippen molar-refractivity contribution in [2.24, 2.45) is 5.73 Å². The van der Waals surface area contributed by atoms with E-state index in [1.54, 1.807) is 0 Å². The van der Waals surface area contributed by atoms with E-state index in [2.05, 4.69) is 4.90 Å².